The van der Waals surface area contributed by atoms with Gasteiger partial charge >= 0.3 is 0 Å². The molecule has 0 aromatic heterocycles. The predicted octanol–water partition coefficient (Wildman–Crippen LogP) is 9.08. The summed E-state index contributed by atoms with van der Waals surface area (Å²) in [6, 6.07) is 34.7. The molecule has 0 saturated carbocycles. The third kappa shape index (κ3) is 4.54. The maximum atomic E-state index is 2.29. The van der Waals surface area contributed by atoms with Crippen molar-refractivity contribution in [2.24, 2.45) is 0 Å². The van der Waals surface area contributed by atoms with Crippen LogP contribution in [0.15, 0.2) is 109 Å². The fourth-order valence-corrected chi connectivity index (χ4v) is 5.96. The quantitative estimate of drug-likeness (QED) is 0.220. The molecule has 0 saturated heterocycles. The first-order valence-electron chi connectivity index (χ1n) is 13.1. The van der Waals surface area contributed by atoms with E-state index in [-0.39, 0.29) is 0 Å². The molecule has 0 fully saturated rings. The first-order chi connectivity index (χ1) is 17.4. The van der Waals surface area contributed by atoms with E-state index in [1.165, 1.54) is 65.5 Å². The Balaban J connectivity index is 0.0000000999. The predicted molar refractivity (Wildman–Crippen MR) is 149 cm³/mol. The average Bonchev–Trinajstić information content (AvgIpc) is 3.64. The van der Waals surface area contributed by atoms with Crippen molar-refractivity contribution < 1.29 is 0 Å². The second-order valence-electron chi connectivity index (χ2n) is 9.92. The van der Waals surface area contributed by atoms with Gasteiger partial charge in [0.25, 0.3) is 0 Å². The van der Waals surface area contributed by atoms with Crippen molar-refractivity contribution in [1.29, 1.82) is 0 Å². The van der Waals surface area contributed by atoms with Gasteiger partial charge in [-0.05, 0) is 95.0 Å². The highest BCUT2D eigenvalue weighted by Crippen LogP contribution is 2.41. The number of fused-ring (bicyclic) bond motifs is 6. The van der Waals surface area contributed by atoms with E-state index in [1.54, 1.807) is 22.3 Å². The van der Waals surface area contributed by atoms with Gasteiger partial charge < -0.3 is 0 Å². The van der Waals surface area contributed by atoms with Crippen LogP contribution in [0.25, 0.3) is 22.8 Å². The molecule has 4 aliphatic rings. The molecule has 4 aromatic rings. The SMILES string of the molecule is C1=Cc2ccccc2C1.c1ccc2c(c1)CC1=C2CCCC1.c1ccc2c(c1)Cc1ccccc1-2. The zero-order valence-corrected chi connectivity index (χ0v) is 20.3. The molecule has 0 atom stereocenters. The molecule has 0 radical (unpaired) electrons. The van der Waals surface area contributed by atoms with E-state index in [0.29, 0.717) is 0 Å². The Morgan fingerprint density at radius 1 is 0.457 bits per heavy atom. The summed E-state index contributed by atoms with van der Waals surface area (Å²) in [5.41, 5.74) is 15.1. The first kappa shape index (κ1) is 21.9. The lowest BCUT2D eigenvalue weighted by Gasteiger charge is -2.13. The maximum Gasteiger partial charge on any atom is -0.00135 e. The van der Waals surface area contributed by atoms with Gasteiger partial charge in [-0.15, -0.1) is 0 Å². The fourth-order valence-electron chi connectivity index (χ4n) is 5.96. The summed E-state index contributed by atoms with van der Waals surface area (Å²) in [4.78, 5) is 0. The van der Waals surface area contributed by atoms with Crippen molar-refractivity contribution in [2.45, 2.75) is 44.9 Å². The number of allylic oxidation sites excluding steroid dienone is 3. The van der Waals surface area contributed by atoms with Crippen molar-refractivity contribution >= 4 is 11.6 Å². The average molecular weight is 453 g/mol. The van der Waals surface area contributed by atoms with E-state index >= 15 is 0 Å². The second-order valence-corrected chi connectivity index (χ2v) is 9.92. The summed E-state index contributed by atoms with van der Waals surface area (Å²) in [7, 11) is 0. The molecule has 172 valence electrons. The molecule has 8 rings (SSSR count). The first-order valence-corrected chi connectivity index (χ1v) is 13.1. The van der Waals surface area contributed by atoms with E-state index in [4.69, 9.17) is 0 Å². The van der Waals surface area contributed by atoms with E-state index in [2.05, 4.69) is 109 Å². The Kier molecular flexibility index (Phi) is 6.20. The third-order valence-corrected chi connectivity index (χ3v) is 7.72. The number of rotatable bonds is 0. The van der Waals surface area contributed by atoms with Crippen molar-refractivity contribution in [3.8, 4) is 11.1 Å². The maximum absolute atomic E-state index is 2.29. The van der Waals surface area contributed by atoms with Gasteiger partial charge in [-0.3, -0.25) is 0 Å². The Morgan fingerprint density at radius 3 is 1.69 bits per heavy atom. The van der Waals surface area contributed by atoms with Crippen LogP contribution in [0, 0.1) is 0 Å². The molecule has 4 aromatic carbocycles. The normalized spacial score (nSPS) is 15.5. The van der Waals surface area contributed by atoms with Crippen LogP contribution in [0.2, 0.25) is 0 Å². The zero-order chi connectivity index (χ0) is 23.5. The zero-order valence-electron chi connectivity index (χ0n) is 20.3. The van der Waals surface area contributed by atoms with Gasteiger partial charge in [0.2, 0.25) is 0 Å². The molecule has 0 heteroatoms. The number of hydrogen-bond acceptors (Lipinski definition) is 0. The van der Waals surface area contributed by atoms with Crippen molar-refractivity contribution in [1.82, 2.24) is 0 Å². The van der Waals surface area contributed by atoms with E-state index in [1.807, 2.05) is 0 Å². The van der Waals surface area contributed by atoms with Crippen molar-refractivity contribution in [3.05, 3.63) is 142 Å². The van der Waals surface area contributed by atoms with Gasteiger partial charge in [0.15, 0.2) is 0 Å². The topological polar surface area (TPSA) is 0 Å². The van der Waals surface area contributed by atoms with Crippen LogP contribution in [0.4, 0.5) is 0 Å². The molecular weight excluding hydrogens is 420 g/mol. The molecule has 4 aliphatic carbocycles. The van der Waals surface area contributed by atoms with Crippen LogP contribution >= 0.6 is 0 Å². The van der Waals surface area contributed by atoms with Gasteiger partial charge in [-0.25, -0.2) is 0 Å². The minimum Gasteiger partial charge on any atom is -0.0795 e. The Labute approximate surface area is 209 Å². The smallest absolute Gasteiger partial charge is 0.00135 e. The molecule has 0 nitrogen and oxygen atoms in total. The van der Waals surface area contributed by atoms with Crippen LogP contribution in [0.3, 0.4) is 0 Å². The summed E-state index contributed by atoms with van der Waals surface area (Å²) in [5.74, 6) is 0. The lowest BCUT2D eigenvalue weighted by atomic mass is 9.92. The van der Waals surface area contributed by atoms with Crippen LogP contribution in [-0.4, -0.2) is 0 Å². The highest BCUT2D eigenvalue weighted by atomic mass is 14.3. The lowest BCUT2D eigenvalue weighted by Crippen LogP contribution is -1.93. The minimum atomic E-state index is 1.10. The van der Waals surface area contributed by atoms with E-state index in [0.717, 1.165) is 12.8 Å². The molecule has 0 heterocycles. The van der Waals surface area contributed by atoms with Crippen molar-refractivity contribution in [3.63, 3.8) is 0 Å². The van der Waals surface area contributed by atoms with E-state index in [9.17, 15) is 0 Å². The molecular formula is C35H32. The van der Waals surface area contributed by atoms with Crippen LogP contribution in [-0.2, 0) is 19.3 Å². The minimum absolute atomic E-state index is 1.10. The molecule has 0 aliphatic heterocycles. The Morgan fingerprint density at radius 2 is 1.00 bits per heavy atom. The molecule has 35 heavy (non-hydrogen) atoms. The van der Waals surface area contributed by atoms with Crippen LogP contribution in [0.1, 0.15) is 59.1 Å². The summed E-state index contributed by atoms with van der Waals surface area (Å²) in [5, 5.41) is 0. The molecule has 0 bridgehead atoms. The summed E-state index contributed by atoms with van der Waals surface area (Å²) >= 11 is 0. The van der Waals surface area contributed by atoms with Gasteiger partial charge in [-0.1, -0.05) is 115 Å². The Bertz CT molecular complexity index is 1370. The molecule has 0 unspecified atom stereocenters. The number of hydrogen-bond donors (Lipinski definition) is 0. The molecule has 0 amide bonds. The third-order valence-electron chi connectivity index (χ3n) is 7.72. The number of benzene rings is 4. The highest BCUT2D eigenvalue weighted by molar-refractivity contribution is 5.77. The molecule has 0 N–H and O–H groups in total. The monoisotopic (exact) mass is 452 g/mol. The van der Waals surface area contributed by atoms with Crippen LogP contribution < -0.4 is 0 Å². The molecule has 0 spiro atoms. The van der Waals surface area contributed by atoms with Gasteiger partial charge in [0.05, 0.1) is 0 Å². The summed E-state index contributed by atoms with van der Waals surface area (Å²) in [6.45, 7) is 0. The van der Waals surface area contributed by atoms with Gasteiger partial charge in [0, 0.05) is 0 Å². The highest BCUT2D eigenvalue weighted by Gasteiger charge is 2.22. The largest absolute Gasteiger partial charge is 0.0795 e. The van der Waals surface area contributed by atoms with Gasteiger partial charge in [-0.2, -0.15) is 0 Å². The lowest BCUT2D eigenvalue weighted by molar-refractivity contribution is 0.711. The second kappa shape index (κ2) is 9.92. The fraction of sp³-hybridized carbons (Fsp3) is 0.200. The van der Waals surface area contributed by atoms with E-state index < -0.39 is 0 Å². The Hall–Kier alpha value is -3.64. The van der Waals surface area contributed by atoms with Crippen molar-refractivity contribution in [2.75, 3.05) is 0 Å². The standard InChI is InChI=1S/C13H14.C13H10.C9H8/c2*1-3-7-12-10(5-1)9-11-6-2-4-8-13(11)12;1-2-5-9-7-3-6-8(9)4-1/h1,3,5,7H,2,4,6,8-9H2;1-8H,9H2;1-6H,7H2. The van der Waals surface area contributed by atoms with Gasteiger partial charge in [0.1, 0.15) is 0 Å². The van der Waals surface area contributed by atoms with Crippen LogP contribution in [0.5, 0.6) is 0 Å². The summed E-state index contributed by atoms with van der Waals surface area (Å²) < 4.78 is 0. The summed E-state index contributed by atoms with van der Waals surface area (Å²) in [6.07, 6.45) is 13.3.